The fourth-order valence-electron chi connectivity index (χ4n) is 3.63. The molecule has 1 aromatic heterocycles. The van der Waals surface area contributed by atoms with Gasteiger partial charge in [0.05, 0.1) is 5.01 Å². The highest BCUT2D eigenvalue weighted by molar-refractivity contribution is 7.09. The molecule has 5 heteroatoms. The van der Waals surface area contributed by atoms with Crippen molar-refractivity contribution in [3.05, 3.63) is 16.1 Å². The van der Waals surface area contributed by atoms with E-state index in [0.29, 0.717) is 0 Å². The largest absolute Gasteiger partial charge is 0.338 e. The molecule has 1 N–H and O–H groups in total. The monoisotopic (exact) mass is 307 g/mol. The van der Waals surface area contributed by atoms with E-state index >= 15 is 0 Å². The van der Waals surface area contributed by atoms with Crippen LogP contribution < -0.4 is 5.32 Å². The molecule has 2 heterocycles. The molecule has 0 radical (unpaired) electrons. The Morgan fingerprint density at radius 3 is 2.81 bits per heavy atom. The van der Waals surface area contributed by atoms with Crippen LogP contribution >= 0.6 is 11.3 Å². The van der Waals surface area contributed by atoms with Crippen molar-refractivity contribution >= 4 is 17.4 Å². The number of hydrogen-bond acceptors (Lipinski definition) is 3. The molecule has 2 atom stereocenters. The van der Waals surface area contributed by atoms with Gasteiger partial charge in [0.15, 0.2) is 0 Å². The summed E-state index contributed by atoms with van der Waals surface area (Å²) < 4.78 is 0. The minimum absolute atomic E-state index is 0.148. The number of rotatable bonds is 5. The van der Waals surface area contributed by atoms with Gasteiger partial charge in [-0.2, -0.15) is 0 Å². The number of nitrogens with one attached hydrogen (secondary N) is 1. The Balaban J connectivity index is 1.30. The van der Waals surface area contributed by atoms with Crippen LogP contribution in [0.25, 0.3) is 0 Å². The second-order valence-corrected chi connectivity index (χ2v) is 7.37. The number of amides is 2. The molecule has 2 aliphatic rings. The number of thiazole rings is 1. The molecule has 0 spiro atoms. The Bertz CT molecular complexity index is 476. The fraction of sp³-hybridized carbons (Fsp3) is 0.750. The second kappa shape index (κ2) is 6.77. The van der Waals surface area contributed by atoms with Crippen molar-refractivity contribution in [1.29, 1.82) is 0 Å². The Kier molecular flexibility index (Phi) is 4.78. The normalized spacial score (nSPS) is 24.3. The Labute approximate surface area is 130 Å². The number of carbonyl (C=O) groups excluding carboxylic acids is 1. The minimum Gasteiger partial charge on any atom is -0.338 e. The lowest BCUT2D eigenvalue weighted by Crippen LogP contribution is -2.39. The predicted molar refractivity (Wildman–Crippen MR) is 85.6 cm³/mol. The number of carbonyl (C=O) groups is 1. The number of likely N-dealkylation sites (tertiary alicyclic amines) is 1. The van der Waals surface area contributed by atoms with Gasteiger partial charge in [0.25, 0.3) is 0 Å². The summed E-state index contributed by atoms with van der Waals surface area (Å²) in [7, 11) is 0. The molecule has 21 heavy (non-hydrogen) atoms. The van der Waals surface area contributed by atoms with Gasteiger partial charge in [-0.15, -0.1) is 11.3 Å². The highest BCUT2D eigenvalue weighted by atomic mass is 32.1. The zero-order valence-electron chi connectivity index (χ0n) is 12.8. The average Bonchev–Trinajstić information content (AvgIpc) is 3.13. The summed E-state index contributed by atoms with van der Waals surface area (Å²) in [5, 5.41) is 6.39. The number of hydrogen-bond donors (Lipinski definition) is 1. The number of unbranched alkanes of at least 4 members (excludes halogenated alkanes) is 1. The first-order chi connectivity index (χ1) is 10.2. The molecule has 1 aromatic rings. The van der Waals surface area contributed by atoms with E-state index in [-0.39, 0.29) is 6.03 Å². The van der Waals surface area contributed by atoms with E-state index in [9.17, 15) is 4.79 Å². The molecule has 4 nitrogen and oxygen atoms in total. The van der Waals surface area contributed by atoms with Gasteiger partial charge in [0, 0.05) is 30.7 Å². The number of urea groups is 1. The third kappa shape index (κ3) is 3.76. The molecule has 1 saturated carbocycles. The van der Waals surface area contributed by atoms with E-state index in [1.54, 1.807) is 11.3 Å². The molecule has 1 aliphatic carbocycles. The van der Waals surface area contributed by atoms with Crippen LogP contribution in [0.2, 0.25) is 0 Å². The molecular formula is C16H25N3OS. The topological polar surface area (TPSA) is 45.2 Å². The van der Waals surface area contributed by atoms with Crippen molar-refractivity contribution in [3.63, 3.8) is 0 Å². The van der Waals surface area contributed by atoms with Gasteiger partial charge in [0.1, 0.15) is 0 Å². The maximum Gasteiger partial charge on any atom is 0.317 e. The number of aromatic nitrogens is 1. The predicted octanol–water partition coefficient (Wildman–Crippen LogP) is 3.22. The summed E-state index contributed by atoms with van der Waals surface area (Å²) in [5.41, 5.74) is 1.11. The van der Waals surface area contributed by atoms with Crippen LogP contribution in [0, 0.1) is 18.8 Å². The number of fused-ring (bicyclic) bond motifs is 1. The first-order valence-corrected chi connectivity index (χ1v) is 9.04. The highest BCUT2D eigenvalue weighted by Gasteiger charge is 2.37. The standard InChI is InChI=1S/C16H25N3OS/c1-12-11-21-15(18-12)7-2-3-8-17-16(20)19-9-13-5-4-6-14(13)10-19/h11,13-14H,2-10H2,1H3,(H,17,20)/t13-,14+. The summed E-state index contributed by atoms with van der Waals surface area (Å²) in [6.45, 7) is 4.78. The van der Waals surface area contributed by atoms with Crippen LogP contribution in [-0.2, 0) is 6.42 Å². The summed E-state index contributed by atoms with van der Waals surface area (Å²) in [4.78, 5) is 18.6. The van der Waals surface area contributed by atoms with Crippen molar-refractivity contribution in [2.24, 2.45) is 11.8 Å². The van der Waals surface area contributed by atoms with Crippen LogP contribution in [0.4, 0.5) is 4.79 Å². The summed E-state index contributed by atoms with van der Waals surface area (Å²) in [5.74, 6) is 1.56. The highest BCUT2D eigenvalue weighted by Crippen LogP contribution is 2.37. The van der Waals surface area contributed by atoms with Gasteiger partial charge >= 0.3 is 6.03 Å². The van der Waals surface area contributed by atoms with Gasteiger partial charge in [-0.05, 0) is 50.9 Å². The zero-order valence-corrected chi connectivity index (χ0v) is 13.6. The second-order valence-electron chi connectivity index (χ2n) is 6.43. The lowest BCUT2D eigenvalue weighted by molar-refractivity contribution is 0.205. The zero-order chi connectivity index (χ0) is 14.7. The molecule has 2 fully saturated rings. The third-order valence-electron chi connectivity index (χ3n) is 4.77. The smallest absolute Gasteiger partial charge is 0.317 e. The lowest BCUT2D eigenvalue weighted by Gasteiger charge is -2.18. The maximum atomic E-state index is 12.1. The SMILES string of the molecule is Cc1csc(CCCCNC(=O)N2C[C@H]3CCC[C@H]3C2)n1. The Morgan fingerprint density at radius 2 is 2.14 bits per heavy atom. The van der Waals surface area contributed by atoms with Gasteiger partial charge < -0.3 is 10.2 Å². The molecule has 3 rings (SSSR count). The summed E-state index contributed by atoms with van der Waals surface area (Å²) in [6.07, 6.45) is 7.16. The summed E-state index contributed by atoms with van der Waals surface area (Å²) >= 11 is 1.74. The molecule has 2 amide bonds. The minimum atomic E-state index is 0.148. The van der Waals surface area contributed by atoms with Crippen molar-refractivity contribution in [1.82, 2.24) is 15.2 Å². The van der Waals surface area contributed by atoms with Crippen molar-refractivity contribution < 1.29 is 4.79 Å². The van der Waals surface area contributed by atoms with Crippen molar-refractivity contribution in [2.45, 2.75) is 45.4 Å². The van der Waals surface area contributed by atoms with E-state index in [1.165, 1.54) is 24.3 Å². The molecule has 0 aromatic carbocycles. The molecule has 116 valence electrons. The van der Waals surface area contributed by atoms with E-state index < -0.39 is 0 Å². The van der Waals surface area contributed by atoms with Gasteiger partial charge in [0.2, 0.25) is 0 Å². The molecule has 1 saturated heterocycles. The lowest BCUT2D eigenvalue weighted by atomic mass is 10.0. The van der Waals surface area contributed by atoms with E-state index in [1.807, 2.05) is 11.8 Å². The van der Waals surface area contributed by atoms with Crippen LogP contribution in [0.5, 0.6) is 0 Å². The number of aryl methyl sites for hydroxylation is 2. The molecule has 1 aliphatic heterocycles. The first-order valence-electron chi connectivity index (χ1n) is 8.16. The van der Waals surface area contributed by atoms with Crippen LogP contribution in [0.1, 0.15) is 42.8 Å². The third-order valence-corrected chi connectivity index (χ3v) is 5.80. The fourth-order valence-corrected chi connectivity index (χ4v) is 4.44. The number of nitrogens with zero attached hydrogens (tertiary/aromatic N) is 2. The summed E-state index contributed by atoms with van der Waals surface area (Å²) in [6, 6.07) is 0.148. The maximum absolute atomic E-state index is 12.1. The Morgan fingerprint density at radius 1 is 1.38 bits per heavy atom. The van der Waals surface area contributed by atoms with Gasteiger partial charge in [-0.25, -0.2) is 9.78 Å². The Hall–Kier alpha value is -1.10. The van der Waals surface area contributed by atoms with Gasteiger partial charge in [-0.3, -0.25) is 0 Å². The molecular weight excluding hydrogens is 282 g/mol. The van der Waals surface area contributed by atoms with E-state index in [0.717, 1.165) is 56.4 Å². The quantitative estimate of drug-likeness (QED) is 0.849. The van der Waals surface area contributed by atoms with Crippen LogP contribution in [0.3, 0.4) is 0 Å². The van der Waals surface area contributed by atoms with Crippen molar-refractivity contribution in [3.8, 4) is 0 Å². The van der Waals surface area contributed by atoms with E-state index in [4.69, 9.17) is 0 Å². The van der Waals surface area contributed by atoms with Crippen LogP contribution in [-0.4, -0.2) is 35.5 Å². The first kappa shape index (κ1) is 14.8. The van der Waals surface area contributed by atoms with E-state index in [2.05, 4.69) is 15.7 Å². The van der Waals surface area contributed by atoms with Crippen molar-refractivity contribution in [2.75, 3.05) is 19.6 Å². The van der Waals surface area contributed by atoms with Gasteiger partial charge in [-0.1, -0.05) is 6.42 Å². The molecule has 0 bridgehead atoms. The van der Waals surface area contributed by atoms with Crippen LogP contribution in [0.15, 0.2) is 5.38 Å². The average molecular weight is 307 g/mol. The molecule has 0 unspecified atom stereocenters.